The lowest BCUT2D eigenvalue weighted by atomic mass is 9.87. The summed E-state index contributed by atoms with van der Waals surface area (Å²) in [5.74, 6) is 0.959. The fraction of sp³-hybridized carbons (Fsp3) is 0.696. The van der Waals surface area contributed by atoms with Crippen LogP contribution >= 0.6 is 0 Å². The molecule has 1 amide bonds. The van der Waals surface area contributed by atoms with Crippen molar-refractivity contribution in [1.82, 2.24) is 9.80 Å². The van der Waals surface area contributed by atoms with Gasteiger partial charge in [0.1, 0.15) is 5.75 Å². The molecule has 3 saturated heterocycles. The van der Waals surface area contributed by atoms with E-state index in [1.54, 1.807) is 0 Å². The number of para-hydroxylation sites is 1. The van der Waals surface area contributed by atoms with Gasteiger partial charge in [-0.25, -0.2) is 0 Å². The van der Waals surface area contributed by atoms with E-state index in [0.717, 1.165) is 76.2 Å². The Morgan fingerprint density at radius 2 is 1.96 bits per heavy atom. The van der Waals surface area contributed by atoms with Crippen LogP contribution in [0.25, 0.3) is 0 Å². The first-order valence-electron chi connectivity index (χ1n) is 11.0. The number of hydrogen-bond donors (Lipinski definition) is 0. The highest BCUT2D eigenvalue weighted by Crippen LogP contribution is 2.38. The second-order valence-electron chi connectivity index (χ2n) is 8.72. The third kappa shape index (κ3) is 4.36. The molecule has 1 aromatic carbocycles. The number of aryl methyl sites for hydroxylation is 1. The lowest BCUT2D eigenvalue weighted by Gasteiger charge is -2.38. The number of rotatable bonds is 5. The van der Waals surface area contributed by atoms with Gasteiger partial charge in [-0.2, -0.15) is 0 Å². The summed E-state index contributed by atoms with van der Waals surface area (Å²) >= 11 is 0. The van der Waals surface area contributed by atoms with E-state index >= 15 is 0 Å². The van der Waals surface area contributed by atoms with Crippen LogP contribution in [0.1, 0.15) is 50.5 Å². The van der Waals surface area contributed by atoms with Gasteiger partial charge in [-0.1, -0.05) is 18.2 Å². The molecule has 0 radical (unpaired) electrons. The first-order chi connectivity index (χ1) is 13.7. The predicted molar refractivity (Wildman–Crippen MR) is 110 cm³/mol. The maximum Gasteiger partial charge on any atom is 0.260 e. The van der Waals surface area contributed by atoms with Gasteiger partial charge in [-0.05, 0) is 70.0 Å². The van der Waals surface area contributed by atoms with Crippen molar-refractivity contribution >= 4 is 5.91 Å². The van der Waals surface area contributed by atoms with E-state index in [2.05, 4.69) is 9.80 Å². The van der Waals surface area contributed by atoms with Crippen LogP contribution in [-0.2, 0) is 9.53 Å². The Morgan fingerprint density at radius 1 is 1.14 bits per heavy atom. The summed E-state index contributed by atoms with van der Waals surface area (Å²) in [7, 11) is 0. The SMILES string of the molecule is Cc1ccccc1OCC(=O)N1CCC[C@@]12CCCN(C[C@H]1CCCO1)CC2. The second kappa shape index (κ2) is 8.83. The zero-order valence-electron chi connectivity index (χ0n) is 17.2. The van der Waals surface area contributed by atoms with E-state index in [-0.39, 0.29) is 18.1 Å². The number of carbonyl (C=O) groups is 1. The van der Waals surface area contributed by atoms with Gasteiger partial charge < -0.3 is 19.3 Å². The summed E-state index contributed by atoms with van der Waals surface area (Å²) in [6.45, 7) is 7.22. The number of hydrogen-bond acceptors (Lipinski definition) is 4. The topological polar surface area (TPSA) is 42.0 Å². The number of nitrogens with zero attached hydrogens (tertiary/aromatic N) is 2. The quantitative estimate of drug-likeness (QED) is 0.778. The molecule has 28 heavy (non-hydrogen) atoms. The summed E-state index contributed by atoms with van der Waals surface area (Å²) < 4.78 is 11.7. The van der Waals surface area contributed by atoms with Crippen LogP contribution in [0.4, 0.5) is 0 Å². The van der Waals surface area contributed by atoms with Crippen LogP contribution in [-0.4, -0.2) is 66.7 Å². The van der Waals surface area contributed by atoms with Gasteiger partial charge in [0, 0.05) is 31.8 Å². The third-order valence-electron chi connectivity index (χ3n) is 6.84. The van der Waals surface area contributed by atoms with Crippen molar-refractivity contribution in [2.24, 2.45) is 0 Å². The molecule has 3 heterocycles. The molecule has 0 N–H and O–H groups in total. The van der Waals surface area contributed by atoms with Crippen molar-refractivity contribution in [3.05, 3.63) is 29.8 Å². The minimum Gasteiger partial charge on any atom is -0.484 e. The molecule has 1 aromatic rings. The molecular formula is C23H34N2O3. The highest BCUT2D eigenvalue weighted by molar-refractivity contribution is 5.79. The fourth-order valence-electron chi connectivity index (χ4n) is 5.28. The third-order valence-corrected chi connectivity index (χ3v) is 6.84. The highest BCUT2D eigenvalue weighted by atomic mass is 16.5. The minimum absolute atomic E-state index is 0.0391. The summed E-state index contributed by atoms with van der Waals surface area (Å²) in [5, 5.41) is 0. The van der Waals surface area contributed by atoms with Crippen LogP contribution in [0.2, 0.25) is 0 Å². The Morgan fingerprint density at radius 3 is 2.75 bits per heavy atom. The van der Waals surface area contributed by atoms with Gasteiger partial charge in [-0.15, -0.1) is 0 Å². The summed E-state index contributed by atoms with van der Waals surface area (Å²) in [6.07, 6.45) is 8.42. The monoisotopic (exact) mass is 386 g/mol. The van der Waals surface area contributed by atoms with Crippen LogP contribution in [0.3, 0.4) is 0 Å². The van der Waals surface area contributed by atoms with Gasteiger partial charge in [0.25, 0.3) is 5.91 Å². The zero-order valence-corrected chi connectivity index (χ0v) is 17.2. The van der Waals surface area contributed by atoms with Gasteiger partial charge in [0.05, 0.1) is 6.10 Å². The molecule has 0 bridgehead atoms. The molecule has 0 aliphatic carbocycles. The first kappa shape index (κ1) is 19.7. The van der Waals surface area contributed by atoms with Gasteiger partial charge in [0.15, 0.2) is 6.61 Å². The minimum atomic E-state index is 0.0391. The standard InChI is InChI=1S/C23H34N2O3/c1-19-7-2-3-9-21(19)28-18-22(26)25-14-6-11-23(25)10-5-13-24(15-12-23)17-20-8-4-16-27-20/h2-3,7,9,20H,4-6,8,10-18H2,1H3/t20-,23-/m1/s1. The predicted octanol–water partition coefficient (Wildman–Crippen LogP) is 3.40. The van der Waals surface area contributed by atoms with Crippen LogP contribution in [0.5, 0.6) is 5.75 Å². The number of likely N-dealkylation sites (tertiary alicyclic amines) is 2. The van der Waals surface area contributed by atoms with E-state index in [4.69, 9.17) is 9.47 Å². The largest absolute Gasteiger partial charge is 0.484 e. The molecule has 1 spiro atoms. The Hall–Kier alpha value is -1.59. The van der Waals surface area contributed by atoms with Crippen LogP contribution in [0, 0.1) is 6.92 Å². The highest BCUT2D eigenvalue weighted by Gasteiger charge is 2.44. The smallest absolute Gasteiger partial charge is 0.260 e. The van der Waals surface area contributed by atoms with E-state index < -0.39 is 0 Å². The molecule has 0 aromatic heterocycles. The average molecular weight is 387 g/mol. The lowest BCUT2D eigenvalue weighted by molar-refractivity contribution is -0.138. The van der Waals surface area contributed by atoms with Gasteiger partial charge in [-0.3, -0.25) is 4.79 Å². The summed E-state index contributed by atoms with van der Waals surface area (Å²) in [4.78, 5) is 17.8. The van der Waals surface area contributed by atoms with E-state index in [0.29, 0.717) is 6.10 Å². The van der Waals surface area contributed by atoms with E-state index in [1.165, 1.54) is 12.8 Å². The normalized spacial score (nSPS) is 28.6. The molecule has 154 valence electrons. The maximum absolute atomic E-state index is 13.0. The number of ether oxygens (including phenoxy) is 2. The summed E-state index contributed by atoms with van der Waals surface area (Å²) in [6, 6.07) is 7.91. The fourth-order valence-corrected chi connectivity index (χ4v) is 5.28. The van der Waals surface area contributed by atoms with Crippen molar-refractivity contribution in [3.8, 4) is 5.75 Å². The van der Waals surface area contributed by atoms with Crippen molar-refractivity contribution < 1.29 is 14.3 Å². The lowest BCUT2D eigenvalue weighted by Crippen LogP contribution is -2.49. The van der Waals surface area contributed by atoms with E-state index in [9.17, 15) is 4.79 Å². The van der Waals surface area contributed by atoms with Crippen LogP contribution in [0.15, 0.2) is 24.3 Å². The van der Waals surface area contributed by atoms with Gasteiger partial charge in [0.2, 0.25) is 0 Å². The Bertz CT molecular complexity index is 674. The van der Waals surface area contributed by atoms with Crippen molar-refractivity contribution in [2.45, 2.75) is 63.5 Å². The Kier molecular flexibility index (Phi) is 6.22. The van der Waals surface area contributed by atoms with Gasteiger partial charge >= 0.3 is 0 Å². The molecule has 5 nitrogen and oxygen atoms in total. The van der Waals surface area contributed by atoms with Crippen molar-refractivity contribution in [2.75, 3.05) is 39.4 Å². The molecule has 3 fully saturated rings. The average Bonchev–Trinajstić information content (AvgIpc) is 3.30. The molecule has 3 aliphatic rings. The Labute approximate surface area is 169 Å². The Balaban J connectivity index is 1.35. The maximum atomic E-state index is 13.0. The number of carbonyl (C=O) groups excluding carboxylic acids is 1. The molecule has 4 rings (SSSR count). The second-order valence-corrected chi connectivity index (χ2v) is 8.72. The van der Waals surface area contributed by atoms with Crippen molar-refractivity contribution in [3.63, 3.8) is 0 Å². The summed E-state index contributed by atoms with van der Waals surface area (Å²) in [5.41, 5.74) is 1.11. The molecule has 3 aliphatic heterocycles. The number of benzene rings is 1. The molecule has 5 heteroatoms. The zero-order chi connectivity index (χ0) is 19.4. The molecule has 0 unspecified atom stereocenters. The van der Waals surface area contributed by atoms with Crippen molar-refractivity contribution in [1.29, 1.82) is 0 Å². The molecular weight excluding hydrogens is 352 g/mol. The van der Waals surface area contributed by atoms with E-state index in [1.807, 2.05) is 31.2 Å². The van der Waals surface area contributed by atoms with Crippen LogP contribution < -0.4 is 4.74 Å². The molecule has 2 atom stereocenters. The molecule has 0 saturated carbocycles. The number of amides is 1. The first-order valence-corrected chi connectivity index (χ1v) is 11.0.